The van der Waals surface area contributed by atoms with Crippen LogP contribution < -0.4 is 0 Å². The summed E-state index contributed by atoms with van der Waals surface area (Å²) < 4.78 is 0. The van der Waals surface area contributed by atoms with E-state index in [1.54, 1.807) is 0 Å². The van der Waals surface area contributed by atoms with Gasteiger partial charge in [0.25, 0.3) is 0 Å². The first-order valence-corrected chi connectivity index (χ1v) is 9.58. The van der Waals surface area contributed by atoms with Crippen LogP contribution in [0.3, 0.4) is 0 Å². The number of piperidine rings is 1. The van der Waals surface area contributed by atoms with Crippen molar-refractivity contribution in [2.75, 3.05) is 19.6 Å². The molecule has 136 valence electrons. The largest absolute Gasteiger partial charge is 0.390 e. The van der Waals surface area contributed by atoms with E-state index in [-0.39, 0.29) is 0 Å². The molecule has 1 aliphatic heterocycles. The van der Waals surface area contributed by atoms with Crippen molar-refractivity contribution in [2.45, 2.75) is 77.7 Å². The summed E-state index contributed by atoms with van der Waals surface area (Å²) in [5.41, 5.74) is 0.711. The highest BCUT2D eigenvalue weighted by atomic mass is 16.3. The van der Waals surface area contributed by atoms with Crippen LogP contribution in [0.15, 0.2) is 12.3 Å². The molecule has 1 aromatic rings. The van der Waals surface area contributed by atoms with E-state index >= 15 is 0 Å². The first-order valence-electron chi connectivity index (χ1n) is 9.58. The van der Waals surface area contributed by atoms with Crippen molar-refractivity contribution in [1.82, 2.24) is 14.9 Å². The lowest BCUT2D eigenvalue weighted by molar-refractivity contribution is 0.0666. The molecule has 1 aromatic heterocycles. The summed E-state index contributed by atoms with van der Waals surface area (Å²) in [6.45, 7) is 11.7. The number of nitrogens with zero attached hydrogens (tertiary/aromatic N) is 3. The van der Waals surface area contributed by atoms with E-state index in [0.29, 0.717) is 5.92 Å². The van der Waals surface area contributed by atoms with Gasteiger partial charge >= 0.3 is 0 Å². The normalized spacial score (nSPS) is 18.7. The van der Waals surface area contributed by atoms with Gasteiger partial charge in [0, 0.05) is 17.8 Å². The van der Waals surface area contributed by atoms with Crippen LogP contribution in [-0.4, -0.2) is 45.2 Å². The number of likely N-dealkylation sites (tertiary alicyclic amines) is 1. The summed E-state index contributed by atoms with van der Waals surface area (Å²) in [6.07, 6.45) is 8.83. The van der Waals surface area contributed by atoms with Crippen LogP contribution in [0, 0.1) is 12.8 Å². The van der Waals surface area contributed by atoms with E-state index in [2.05, 4.69) is 27.9 Å². The van der Waals surface area contributed by atoms with Crippen molar-refractivity contribution < 1.29 is 5.11 Å². The van der Waals surface area contributed by atoms with Gasteiger partial charge in [-0.05, 0) is 78.1 Å². The molecule has 0 aliphatic carbocycles. The Labute approximate surface area is 147 Å². The second-order valence-corrected chi connectivity index (χ2v) is 8.24. The third-order valence-electron chi connectivity index (χ3n) is 5.23. The van der Waals surface area contributed by atoms with Gasteiger partial charge in [-0.15, -0.1) is 0 Å². The molecule has 1 unspecified atom stereocenters. The number of rotatable bonds is 8. The Hall–Kier alpha value is -1.00. The topological polar surface area (TPSA) is 49.2 Å². The van der Waals surface area contributed by atoms with Gasteiger partial charge < -0.3 is 10.0 Å². The van der Waals surface area contributed by atoms with Crippen molar-refractivity contribution in [3.05, 3.63) is 23.8 Å². The van der Waals surface area contributed by atoms with Gasteiger partial charge in [0.2, 0.25) is 0 Å². The molecule has 0 saturated carbocycles. The van der Waals surface area contributed by atoms with Crippen LogP contribution in [0.5, 0.6) is 0 Å². The number of aliphatic hydroxyl groups is 1. The fourth-order valence-electron chi connectivity index (χ4n) is 3.58. The Morgan fingerprint density at radius 1 is 1.29 bits per heavy atom. The Morgan fingerprint density at radius 3 is 2.62 bits per heavy atom. The molecule has 1 atom stereocenters. The standard InChI is InChI=1S/C20H35N3O/c1-16(6-5-11-20(3,4)24)8-13-23-14-9-18(10-15-23)19-7-12-21-17(2)22-19/h7,12,16,18,24H,5-6,8-11,13-15H2,1-4H3. The van der Waals surface area contributed by atoms with Crippen molar-refractivity contribution in [3.63, 3.8) is 0 Å². The van der Waals surface area contributed by atoms with Crippen LogP contribution in [0.2, 0.25) is 0 Å². The third-order valence-corrected chi connectivity index (χ3v) is 5.23. The highest BCUT2D eigenvalue weighted by Gasteiger charge is 2.22. The minimum absolute atomic E-state index is 0.513. The van der Waals surface area contributed by atoms with Crippen molar-refractivity contribution in [3.8, 4) is 0 Å². The molecule has 1 fully saturated rings. The van der Waals surface area contributed by atoms with Crippen LogP contribution in [-0.2, 0) is 0 Å². The summed E-state index contributed by atoms with van der Waals surface area (Å²) in [5.74, 6) is 2.23. The Morgan fingerprint density at radius 2 is 2.00 bits per heavy atom. The summed E-state index contributed by atoms with van der Waals surface area (Å²) in [6, 6.07) is 2.08. The predicted molar refractivity (Wildman–Crippen MR) is 99.1 cm³/mol. The van der Waals surface area contributed by atoms with Crippen LogP contribution in [0.25, 0.3) is 0 Å². The highest BCUT2D eigenvalue weighted by Crippen LogP contribution is 2.27. The fraction of sp³-hybridized carbons (Fsp3) is 0.800. The monoisotopic (exact) mass is 333 g/mol. The van der Waals surface area contributed by atoms with Crippen LogP contribution >= 0.6 is 0 Å². The molecule has 1 aliphatic rings. The lowest BCUT2D eigenvalue weighted by atomic mass is 9.92. The van der Waals surface area contributed by atoms with Crippen LogP contribution in [0.1, 0.15) is 76.7 Å². The first-order chi connectivity index (χ1) is 11.3. The molecule has 2 rings (SSSR count). The van der Waals surface area contributed by atoms with E-state index in [1.807, 2.05) is 27.0 Å². The van der Waals surface area contributed by atoms with Crippen molar-refractivity contribution in [1.29, 1.82) is 0 Å². The second-order valence-electron chi connectivity index (χ2n) is 8.24. The average Bonchev–Trinajstić information content (AvgIpc) is 2.52. The van der Waals surface area contributed by atoms with E-state index in [0.717, 1.165) is 24.6 Å². The van der Waals surface area contributed by atoms with Gasteiger partial charge in [0.05, 0.1) is 5.60 Å². The molecule has 0 radical (unpaired) electrons. The third kappa shape index (κ3) is 6.86. The van der Waals surface area contributed by atoms with E-state index in [4.69, 9.17) is 0 Å². The van der Waals surface area contributed by atoms with Crippen molar-refractivity contribution >= 4 is 0 Å². The minimum Gasteiger partial charge on any atom is -0.390 e. The van der Waals surface area contributed by atoms with Gasteiger partial charge in [0.1, 0.15) is 5.82 Å². The number of hydrogen-bond donors (Lipinski definition) is 1. The zero-order valence-corrected chi connectivity index (χ0v) is 16.0. The molecular weight excluding hydrogens is 298 g/mol. The van der Waals surface area contributed by atoms with Gasteiger partial charge in [-0.3, -0.25) is 0 Å². The Kier molecular flexibility index (Phi) is 7.17. The smallest absolute Gasteiger partial charge is 0.125 e. The molecule has 4 nitrogen and oxygen atoms in total. The molecule has 0 bridgehead atoms. The highest BCUT2D eigenvalue weighted by molar-refractivity contribution is 5.09. The maximum absolute atomic E-state index is 9.78. The van der Waals surface area contributed by atoms with Gasteiger partial charge in [-0.1, -0.05) is 19.8 Å². The zero-order valence-electron chi connectivity index (χ0n) is 16.0. The molecule has 1 N–H and O–H groups in total. The van der Waals surface area contributed by atoms with Crippen LogP contribution in [0.4, 0.5) is 0 Å². The predicted octanol–water partition coefficient (Wildman–Crippen LogP) is 3.93. The Balaban J connectivity index is 1.64. The lowest BCUT2D eigenvalue weighted by Gasteiger charge is -2.32. The summed E-state index contributed by atoms with van der Waals surface area (Å²) in [7, 11) is 0. The molecule has 2 heterocycles. The summed E-state index contributed by atoms with van der Waals surface area (Å²) in [5, 5.41) is 9.78. The van der Waals surface area contributed by atoms with Crippen molar-refractivity contribution in [2.24, 2.45) is 5.92 Å². The lowest BCUT2D eigenvalue weighted by Crippen LogP contribution is -2.34. The summed E-state index contributed by atoms with van der Waals surface area (Å²) >= 11 is 0. The van der Waals surface area contributed by atoms with E-state index < -0.39 is 5.60 Å². The van der Waals surface area contributed by atoms with Gasteiger partial charge in [-0.25, -0.2) is 9.97 Å². The van der Waals surface area contributed by atoms with E-state index in [9.17, 15) is 5.11 Å². The molecular formula is C20H35N3O. The van der Waals surface area contributed by atoms with Gasteiger partial charge in [-0.2, -0.15) is 0 Å². The van der Waals surface area contributed by atoms with E-state index in [1.165, 1.54) is 51.0 Å². The Bertz CT molecular complexity index is 490. The quantitative estimate of drug-likeness (QED) is 0.783. The zero-order chi connectivity index (χ0) is 17.6. The molecule has 0 aromatic carbocycles. The number of aromatic nitrogens is 2. The number of hydrogen-bond acceptors (Lipinski definition) is 4. The molecule has 4 heteroatoms. The maximum Gasteiger partial charge on any atom is 0.125 e. The average molecular weight is 334 g/mol. The number of aryl methyl sites for hydroxylation is 1. The second kappa shape index (κ2) is 8.91. The minimum atomic E-state index is -0.513. The first kappa shape index (κ1) is 19.3. The van der Waals surface area contributed by atoms with Gasteiger partial charge in [0.15, 0.2) is 0 Å². The maximum atomic E-state index is 9.78. The molecule has 0 amide bonds. The molecule has 1 saturated heterocycles. The molecule has 24 heavy (non-hydrogen) atoms. The fourth-order valence-corrected chi connectivity index (χ4v) is 3.58. The summed E-state index contributed by atoms with van der Waals surface area (Å²) in [4.78, 5) is 11.4. The SMILES string of the molecule is Cc1nccc(C2CCN(CCC(C)CCCC(C)(C)O)CC2)n1. The molecule has 0 spiro atoms.